The molecule has 0 aromatic carbocycles. The molecule has 0 aliphatic carbocycles. The Labute approximate surface area is 118 Å². The van der Waals surface area contributed by atoms with Crippen molar-refractivity contribution in [1.29, 1.82) is 0 Å². The lowest BCUT2D eigenvalue weighted by atomic mass is 10.1. The molecule has 2 atom stereocenters. The molecule has 20 heavy (non-hydrogen) atoms. The largest absolute Gasteiger partial charge is 0.468 e. The van der Waals surface area contributed by atoms with Crippen LogP contribution in [0.2, 0.25) is 0 Å². The van der Waals surface area contributed by atoms with Gasteiger partial charge in [0.05, 0.1) is 44.5 Å². The summed E-state index contributed by atoms with van der Waals surface area (Å²) in [6, 6.07) is 2.63. The van der Waals surface area contributed by atoms with E-state index in [0.717, 1.165) is 0 Å². The van der Waals surface area contributed by atoms with E-state index in [-0.39, 0.29) is 19.5 Å². The molecule has 3 N–H and O–H groups in total. The van der Waals surface area contributed by atoms with Crippen LogP contribution in [0.3, 0.4) is 0 Å². The highest BCUT2D eigenvalue weighted by molar-refractivity contribution is 7.53. The minimum Gasteiger partial charge on any atom is -0.468 e. The van der Waals surface area contributed by atoms with Gasteiger partial charge in [0.15, 0.2) is 0 Å². The zero-order chi connectivity index (χ0) is 15.0. The summed E-state index contributed by atoms with van der Waals surface area (Å²) in [4.78, 5) is 0. The first-order chi connectivity index (χ1) is 9.56. The molecule has 7 nitrogen and oxygen atoms in total. The van der Waals surface area contributed by atoms with Gasteiger partial charge in [0.2, 0.25) is 0 Å². The standard InChI is InChI=1S/C12H22NO6P/c1-3-18-20(16,19-4-2)9-13-12(10(15)8-14)11-6-5-7-17-11/h5-7,10,12-15H,3-4,8-9H2,1-2H3/t10-,12-/m1/s1. The van der Waals surface area contributed by atoms with Crippen LogP contribution in [0.5, 0.6) is 0 Å². The highest BCUT2D eigenvalue weighted by Gasteiger charge is 2.29. The fourth-order valence-electron chi connectivity index (χ4n) is 1.73. The van der Waals surface area contributed by atoms with Crippen molar-refractivity contribution in [2.24, 2.45) is 0 Å². The molecule has 0 saturated carbocycles. The summed E-state index contributed by atoms with van der Waals surface area (Å²) in [6.07, 6.45) is 0.286. The summed E-state index contributed by atoms with van der Waals surface area (Å²) >= 11 is 0. The minimum absolute atomic E-state index is 0.0862. The van der Waals surface area contributed by atoms with Crippen LogP contribution in [0.25, 0.3) is 0 Å². The average Bonchev–Trinajstić information content (AvgIpc) is 2.93. The summed E-state index contributed by atoms with van der Waals surface area (Å²) in [5.41, 5.74) is 0. The van der Waals surface area contributed by atoms with Gasteiger partial charge in [0.25, 0.3) is 0 Å². The first kappa shape index (κ1) is 17.4. The van der Waals surface area contributed by atoms with Crippen LogP contribution >= 0.6 is 7.60 Å². The van der Waals surface area contributed by atoms with Crippen molar-refractivity contribution in [2.75, 3.05) is 26.1 Å². The lowest BCUT2D eigenvalue weighted by Crippen LogP contribution is -2.35. The van der Waals surface area contributed by atoms with E-state index in [2.05, 4.69) is 5.32 Å². The molecule has 1 heterocycles. The Morgan fingerprint density at radius 1 is 1.40 bits per heavy atom. The van der Waals surface area contributed by atoms with Crippen molar-refractivity contribution in [1.82, 2.24) is 5.32 Å². The van der Waals surface area contributed by atoms with Crippen LogP contribution in [-0.4, -0.2) is 42.4 Å². The van der Waals surface area contributed by atoms with Crippen LogP contribution in [0.4, 0.5) is 0 Å². The molecular formula is C12H22NO6P. The number of aliphatic hydroxyl groups is 2. The predicted molar refractivity (Wildman–Crippen MR) is 73.4 cm³/mol. The monoisotopic (exact) mass is 307 g/mol. The van der Waals surface area contributed by atoms with Gasteiger partial charge in [0, 0.05) is 0 Å². The topological polar surface area (TPSA) is 101 Å². The van der Waals surface area contributed by atoms with Crippen molar-refractivity contribution < 1.29 is 28.2 Å². The molecule has 1 rings (SSSR count). The van der Waals surface area contributed by atoms with Crippen molar-refractivity contribution in [3.63, 3.8) is 0 Å². The molecule has 0 bridgehead atoms. The van der Waals surface area contributed by atoms with Crippen molar-refractivity contribution >= 4 is 7.60 Å². The molecule has 1 aromatic heterocycles. The van der Waals surface area contributed by atoms with Gasteiger partial charge in [-0.05, 0) is 26.0 Å². The fraction of sp³-hybridized carbons (Fsp3) is 0.667. The molecule has 0 unspecified atom stereocenters. The maximum Gasteiger partial charge on any atom is 0.344 e. The normalized spacial score (nSPS) is 15.2. The second kappa shape index (κ2) is 8.56. The predicted octanol–water partition coefficient (Wildman–Crippen LogP) is 1.49. The first-order valence-corrected chi connectivity index (χ1v) is 8.23. The molecule has 8 heteroatoms. The smallest absolute Gasteiger partial charge is 0.344 e. The van der Waals surface area contributed by atoms with Gasteiger partial charge < -0.3 is 23.7 Å². The molecule has 0 fully saturated rings. The Bertz CT molecular complexity index is 400. The number of hydrogen-bond donors (Lipinski definition) is 3. The van der Waals surface area contributed by atoms with Gasteiger partial charge in [-0.25, -0.2) is 0 Å². The highest BCUT2D eigenvalue weighted by Crippen LogP contribution is 2.47. The second-order valence-electron chi connectivity index (χ2n) is 4.05. The molecule has 116 valence electrons. The summed E-state index contributed by atoms with van der Waals surface area (Å²) in [6.45, 7) is 3.50. The van der Waals surface area contributed by atoms with Crippen LogP contribution in [0, 0.1) is 0 Å². The van der Waals surface area contributed by atoms with Gasteiger partial charge >= 0.3 is 7.60 Å². The van der Waals surface area contributed by atoms with E-state index in [1.807, 2.05) is 0 Å². The van der Waals surface area contributed by atoms with Crippen LogP contribution in [0.1, 0.15) is 25.6 Å². The second-order valence-corrected chi connectivity index (χ2v) is 6.11. The summed E-state index contributed by atoms with van der Waals surface area (Å²) in [5.74, 6) is 0.436. The molecule has 0 aliphatic rings. The van der Waals surface area contributed by atoms with Crippen LogP contribution < -0.4 is 5.32 Å². The van der Waals surface area contributed by atoms with Crippen LogP contribution in [-0.2, 0) is 13.6 Å². The Kier molecular flexibility index (Phi) is 7.43. The minimum atomic E-state index is -3.27. The van der Waals surface area contributed by atoms with E-state index in [9.17, 15) is 9.67 Å². The van der Waals surface area contributed by atoms with E-state index in [4.69, 9.17) is 18.6 Å². The molecule has 0 amide bonds. The van der Waals surface area contributed by atoms with Gasteiger partial charge in [0.1, 0.15) is 5.76 Å². The Balaban J connectivity index is 2.73. The van der Waals surface area contributed by atoms with Gasteiger partial charge in [-0.3, -0.25) is 9.88 Å². The summed E-state index contributed by atoms with van der Waals surface area (Å²) in [7, 11) is -3.27. The third kappa shape index (κ3) is 5.01. The first-order valence-electron chi connectivity index (χ1n) is 6.50. The maximum atomic E-state index is 12.3. The Hall–Kier alpha value is -0.690. The third-order valence-corrected chi connectivity index (χ3v) is 4.45. The Morgan fingerprint density at radius 3 is 2.50 bits per heavy atom. The number of aliphatic hydroxyl groups excluding tert-OH is 2. The highest BCUT2D eigenvalue weighted by atomic mass is 31.2. The van der Waals surface area contributed by atoms with Gasteiger partial charge in [-0.1, -0.05) is 0 Å². The van der Waals surface area contributed by atoms with E-state index in [1.54, 1.807) is 26.0 Å². The van der Waals surface area contributed by atoms with Crippen molar-refractivity contribution in [3.05, 3.63) is 24.2 Å². The number of nitrogens with one attached hydrogen (secondary N) is 1. The van der Waals surface area contributed by atoms with Gasteiger partial charge in [-0.2, -0.15) is 0 Å². The third-order valence-electron chi connectivity index (χ3n) is 2.58. The molecule has 0 spiro atoms. The van der Waals surface area contributed by atoms with Crippen LogP contribution in [0.15, 0.2) is 22.8 Å². The Morgan fingerprint density at radius 2 is 2.05 bits per heavy atom. The van der Waals surface area contributed by atoms with E-state index in [1.165, 1.54) is 6.26 Å². The fourth-order valence-corrected chi connectivity index (χ4v) is 3.20. The van der Waals surface area contributed by atoms with Crippen molar-refractivity contribution in [3.8, 4) is 0 Å². The lowest BCUT2D eigenvalue weighted by Gasteiger charge is -2.24. The zero-order valence-corrected chi connectivity index (χ0v) is 12.6. The summed E-state index contributed by atoms with van der Waals surface area (Å²) in [5, 5.41) is 21.7. The lowest BCUT2D eigenvalue weighted by molar-refractivity contribution is 0.0565. The van der Waals surface area contributed by atoms with E-state index < -0.39 is 26.3 Å². The zero-order valence-electron chi connectivity index (χ0n) is 11.7. The molecule has 1 aromatic rings. The quantitative estimate of drug-likeness (QED) is 0.563. The molecule has 0 saturated heterocycles. The van der Waals surface area contributed by atoms with E-state index in [0.29, 0.717) is 5.76 Å². The van der Waals surface area contributed by atoms with E-state index >= 15 is 0 Å². The average molecular weight is 307 g/mol. The number of hydrogen-bond acceptors (Lipinski definition) is 7. The number of furan rings is 1. The molecule has 0 radical (unpaired) electrons. The van der Waals surface area contributed by atoms with Gasteiger partial charge in [-0.15, -0.1) is 0 Å². The molecular weight excluding hydrogens is 285 g/mol. The SMILES string of the molecule is CCOP(=O)(CN[C@@H](c1ccco1)[C@H](O)CO)OCC. The van der Waals surface area contributed by atoms with Crippen molar-refractivity contribution in [2.45, 2.75) is 26.0 Å². The number of rotatable bonds is 10. The maximum absolute atomic E-state index is 12.3. The summed E-state index contributed by atoms with van der Waals surface area (Å²) < 4.78 is 27.8. The molecule has 0 aliphatic heterocycles.